The fourth-order valence-electron chi connectivity index (χ4n) is 4.17. The molecule has 6 nitrogen and oxygen atoms in total. The molecule has 1 aromatic heterocycles. The molecule has 0 bridgehead atoms. The van der Waals surface area contributed by atoms with Gasteiger partial charge in [0.1, 0.15) is 0 Å². The highest BCUT2D eigenvalue weighted by atomic mass is 16.1. The van der Waals surface area contributed by atoms with Crippen molar-refractivity contribution in [1.82, 2.24) is 26.1 Å². The molecule has 0 radical (unpaired) electrons. The molecule has 0 spiro atoms. The Morgan fingerprint density at radius 1 is 1.21 bits per heavy atom. The topological polar surface area (TPSA) is 69.3 Å². The van der Waals surface area contributed by atoms with Crippen LogP contribution in [-0.4, -0.2) is 41.6 Å². The Balaban J connectivity index is 1.21. The second-order valence-corrected chi connectivity index (χ2v) is 7.94. The van der Waals surface area contributed by atoms with Gasteiger partial charge < -0.3 is 5.32 Å². The van der Waals surface area contributed by atoms with Gasteiger partial charge in [-0.05, 0) is 69.0 Å². The van der Waals surface area contributed by atoms with Crippen molar-refractivity contribution < 1.29 is 4.79 Å². The van der Waals surface area contributed by atoms with Crippen LogP contribution in [0, 0.1) is 12.8 Å². The summed E-state index contributed by atoms with van der Waals surface area (Å²) in [6, 6.07) is 12.2. The highest BCUT2D eigenvalue weighted by Gasteiger charge is 2.32. The number of amides is 1. The van der Waals surface area contributed by atoms with Crippen molar-refractivity contribution in [2.75, 3.05) is 19.6 Å². The number of nitrogens with one attached hydrogen (secondary N) is 3. The van der Waals surface area contributed by atoms with Crippen molar-refractivity contribution in [2.24, 2.45) is 5.92 Å². The average molecular weight is 380 g/mol. The van der Waals surface area contributed by atoms with Gasteiger partial charge in [-0.1, -0.05) is 23.8 Å². The Bertz CT molecular complexity index is 789. The van der Waals surface area contributed by atoms with Gasteiger partial charge in [0.2, 0.25) is 0 Å². The summed E-state index contributed by atoms with van der Waals surface area (Å²) in [7, 11) is 0. The first-order valence-electron chi connectivity index (χ1n) is 10.2. The zero-order valence-corrected chi connectivity index (χ0v) is 16.4. The lowest BCUT2D eigenvalue weighted by atomic mass is 9.95. The van der Waals surface area contributed by atoms with Crippen molar-refractivity contribution in [3.8, 4) is 0 Å². The first-order valence-corrected chi connectivity index (χ1v) is 10.2. The van der Waals surface area contributed by atoms with Crippen LogP contribution in [0.25, 0.3) is 0 Å². The van der Waals surface area contributed by atoms with Crippen LogP contribution in [0.1, 0.15) is 46.8 Å². The third-order valence-electron chi connectivity index (χ3n) is 5.89. The van der Waals surface area contributed by atoms with E-state index in [0.717, 1.165) is 50.0 Å². The van der Waals surface area contributed by atoms with Gasteiger partial charge in [-0.25, -0.2) is 10.9 Å². The van der Waals surface area contributed by atoms with Gasteiger partial charge in [-0.2, -0.15) is 0 Å². The summed E-state index contributed by atoms with van der Waals surface area (Å²) in [5.41, 5.74) is 9.94. The first kappa shape index (κ1) is 19.1. The van der Waals surface area contributed by atoms with E-state index in [0.29, 0.717) is 18.1 Å². The van der Waals surface area contributed by atoms with E-state index in [4.69, 9.17) is 0 Å². The number of carbonyl (C=O) groups excluding carboxylic acids is 1. The van der Waals surface area contributed by atoms with Gasteiger partial charge in [0.15, 0.2) is 0 Å². The number of likely N-dealkylation sites (tertiary alicyclic amines) is 1. The van der Waals surface area contributed by atoms with Crippen LogP contribution >= 0.6 is 0 Å². The second-order valence-electron chi connectivity index (χ2n) is 7.94. The molecule has 0 saturated carbocycles. The molecule has 2 fully saturated rings. The van der Waals surface area contributed by atoms with Gasteiger partial charge in [-0.3, -0.25) is 14.7 Å². The summed E-state index contributed by atoms with van der Waals surface area (Å²) < 4.78 is 0. The zero-order valence-electron chi connectivity index (χ0n) is 16.4. The molecule has 3 heterocycles. The van der Waals surface area contributed by atoms with E-state index >= 15 is 0 Å². The second kappa shape index (κ2) is 8.82. The minimum Gasteiger partial charge on any atom is -0.352 e. The van der Waals surface area contributed by atoms with E-state index in [1.165, 1.54) is 5.56 Å². The van der Waals surface area contributed by atoms with Crippen LogP contribution < -0.4 is 16.2 Å². The van der Waals surface area contributed by atoms with Crippen molar-refractivity contribution >= 4 is 5.91 Å². The van der Waals surface area contributed by atoms with Gasteiger partial charge >= 0.3 is 0 Å². The molecule has 0 aliphatic carbocycles. The maximum absolute atomic E-state index is 12.3. The van der Waals surface area contributed by atoms with Crippen LogP contribution in [-0.2, 0) is 0 Å². The van der Waals surface area contributed by atoms with Crippen molar-refractivity contribution in [3.63, 3.8) is 0 Å². The maximum atomic E-state index is 12.3. The molecule has 2 aromatic rings. The predicted octanol–water partition coefficient (Wildman–Crippen LogP) is 2.40. The number of carbonyl (C=O) groups is 1. The highest BCUT2D eigenvalue weighted by Crippen LogP contribution is 2.26. The lowest BCUT2D eigenvalue weighted by Crippen LogP contribution is -2.49. The van der Waals surface area contributed by atoms with Gasteiger partial charge in [0, 0.05) is 24.5 Å². The van der Waals surface area contributed by atoms with Crippen LogP contribution in [0.2, 0.25) is 0 Å². The number of piperidine rings is 1. The number of aromatic nitrogens is 1. The minimum atomic E-state index is 0.0344. The summed E-state index contributed by atoms with van der Waals surface area (Å²) >= 11 is 0. The fourth-order valence-corrected chi connectivity index (χ4v) is 4.17. The van der Waals surface area contributed by atoms with E-state index < -0.39 is 0 Å². The minimum absolute atomic E-state index is 0.0344. The maximum Gasteiger partial charge on any atom is 0.251 e. The van der Waals surface area contributed by atoms with Crippen LogP contribution in [0.3, 0.4) is 0 Å². The van der Waals surface area contributed by atoms with E-state index in [-0.39, 0.29) is 5.91 Å². The average Bonchev–Trinajstić information content (AvgIpc) is 3.23. The number of hydrogen-bond donors (Lipinski definition) is 3. The van der Waals surface area contributed by atoms with Crippen molar-refractivity contribution in [1.29, 1.82) is 0 Å². The van der Waals surface area contributed by atoms with Gasteiger partial charge in [-0.15, -0.1) is 0 Å². The summed E-state index contributed by atoms with van der Waals surface area (Å²) in [4.78, 5) is 19.1. The number of hydrogen-bond acceptors (Lipinski definition) is 5. The molecule has 2 unspecified atom stereocenters. The lowest BCUT2D eigenvalue weighted by Gasteiger charge is -2.35. The summed E-state index contributed by atoms with van der Waals surface area (Å²) in [6.07, 6.45) is 7.37. The monoisotopic (exact) mass is 379 g/mol. The zero-order chi connectivity index (χ0) is 19.3. The standard InChI is InChI=1S/C22H29N5O/c1-16-4-2-5-18(12-16)22(28)24-14-17-7-10-27(11-8-17)21-13-20(25-26-21)19-6-3-9-23-15-19/h2-6,9,12,15,17,20-21,25-26H,7-8,10-11,13-14H2,1H3,(H,24,28). The number of rotatable bonds is 5. The fraction of sp³-hybridized carbons (Fsp3) is 0.455. The van der Waals surface area contributed by atoms with E-state index in [9.17, 15) is 4.79 Å². The number of nitrogens with zero attached hydrogens (tertiary/aromatic N) is 2. The number of benzene rings is 1. The predicted molar refractivity (Wildman–Crippen MR) is 109 cm³/mol. The molecule has 3 N–H and O–H groups in total. The molecule has 1 amide bonds. The molecular weight excluding hydrogens is 350 g/mol. The van der Waals surface area contributed by atoms with Crippen LogP contribution in [0.15, 0.2) is 48.8 Å². The Morgan fingerprint density at radius 3 is 2.82 bits per heavy atom. The number of hydrazine groups is 1. The highest BCUT2D eigenvalue weighted by molar-refractivity contribution is 5.94. The van der Waals surface area contributed by atoms with E-state index in [1.807, 2.05) is 49.6 Å². The van der Waals surface area contributed by atoms with E-state index in [2.05, 4.69) is 32.1 Å². The van der Waals surface area contributed by atoms with Crippen molar-refractivity contribution in [3.05, 3.63) is 65.5 Å². The molecule has 6 heteroatoms. The molecule has 2 aliphatic rings. The summed E-state index contributed by atoms with van der Waals surface area (Å²) in [6.45, 7) is 4.89. The number of pyridine rings is 1. The molecule has 4 rings (SSSR count). The van der Waals surface area contributed by atoms with Gasteiger partial charge in [0.25, 0.3) is 5.91 Å². The van der Waals surface area contributed by atoms with Crippen LogP contribution in [0.5, 0.6) is 0 Å². The molecular formula is C22H29N5O. The SMILES string of the molecule is Cc1cccc(C(=O)NCC2CCN(C3CC(c4cccnc4)NN3)CC2)c1. The first-order chi connectivity index (χ1) is 13.7. The Kier molecular flexibility index (Phi) is 6.00. The Labute approximate surface area is 166 Å². The van der Waals surface area contributed by atoms with Gasteiger partial charge in [0.05, 0.1) is 12.2 Å². The molecule has 2 aliphatic heterocycles. The lowest BCUT2D eigenvalue weighted by molar-refractivity contribution is 0.0914. The largest absolute Gasteiger partial charge is 0.352 e. The summed E-state index contributed by atoms with van der Waals surface area (Å²) in [5.74, 6) is 0.584. The molecule has 2 atom stereocenters. The quantitative estimate of drug-likeness (QED) is 0.744. The number of aryl methyl sites for hydroxylation is 1. The Hall–Kier alpha value is -2.28. The van der Waals surface area contributed by atoms with Crippen molar-refractivity contribution in [2.45, 2.75) is 38.4 Å². The summed E-state index contributed by atoms with van der Waals surface area (Å²) in [5, 5.41) is 3.12. The Morgan fingerprint density at radius 2 is 2.07 bits per heavy atom. The molecule has 1 aromatic carbocycles. The van der Waals surface area contributed by atoms with Crippen LogP contribution in [0.4, 0.5) is 0 Å². The molecule has 148 valence electrons. The van der Waals surface area contributed by atoms with E-state index in [1.54, 1.807) is 0 Å². The smallest absolute Gasteiger partial charge is 0.251 e. The molecule has 28 heavy (non-hydrogen) atoms. The normalized spacial score (nSPS) is 23.6. The third-order valence-corrected chi connectivity index (χ3v) is 5.89. The third kappa shape index (κ3) is 4.58. The molecule has 2 saturated heterocycles.